The van der Waals surface area contributed by atoms with E-state index in [9.17, 15) is 4.39 Å². The van der Waals surface area contributed by atoms with Gasteiger partial charge >= 0.3 is 0 Å². The number of nitriles is 1. The third-order valence-corrected chi connectivity index (χ3v) is 3.72. The number of nitrogens with zero attached hydrogens (tertiary/aromatic N) is 3. The zero-order chi connectivity index (χ0) is 13.1. The molecule has 1 aliphatic heterocycles. The second-order valence-electron chi connectivity index (χ2n) is 4.89. The fraction of sp³-hybridized carbons (Fsp3) is 0.500. The van der Waals surface area contributed by atoms with Crippen molar-refractivity contribution >= 4 is 5.69 Å². The summed E-state index contributed by atoms with van der Waals surface area (Å²) in [7, 11) is 4.06. The average Bonchev–Trinajstić information content (AvgIpc) is 2.38. The van der Waals surface area contributed by atoms with Crippen LogP contribution in [-0.2, 0) is 0 Å². The van der Waals surface area contributed by atoms with Crippen LogP contribution in [0.1, 0.15) is 18.4 Å². The Morgan fingerprint density at radius 1 is 1.39 bits per heavy atom. The molecule has 1 fully saturated rings. The van der Waals surface area contributed by atoms with E-state index in [0.29, 0.717) is 11.7 Å². The maximum absolute atomic E-state index is 13.6. The molecule has 0 aromatic heterocycles. The smallest absolute Gasteiger partial charge is 0.143 e. The number of hydrogen-bond acceptors (Lipinski definition) is 3. The maximum atomic E-state index is 13.6. The van der Waals surface area contributed by atoms with Gasteiger partial charge in [-0.05, 0) is 45.1 Å². The molecule has 0 bridgehead atoms. The summed E-state index contributed by atoms with van der Waals surface area (Å²) < 4.78 is 13.6. The van der Waals surface area contributed by atoms with Gasteiger partial charge < -0.3 is 9.80 Å². The molecule has 3 nitrogen and oxygen atoms in total. The van der Waals surface area contributed by atoms with Crippen LogP contribution in [0.25, 0.3) is 0 Å². The number of halogens is 1. The number of anilines is 1. The standard InChI is InChI=1S/C14H18FN3/c1-17-8-6-11(7-9-17)18(2)14-5-3-4-13(15)12(14)10-16/h3-5,11H,6-9H2,1-2H3. The van der Waals surface area contributed by atoms with Gasteiger partial charge in [0.1, 0.15) is 17.4 Å². The molecular formula is C14H18FN3. The molecular weight excluding hydrogens is 229 g/mol. The monoisotopic (exact) mass is 247 g/mol. The van der Waals surface area contributed by atoms with E-state index < -0.39 is 5.82 Å². The van der Waals surface area contributed by atoms with Crippen LogP contribution in [0.5, 0.6) is 0 Å². The number of benzene rings is 1. The van der Waals surface area contributed by atoms with Gasteiger partial charge in [-0.2, -0.15) is 5.26 Å². The molecule has 1 aromatic rings. The normalized spacial score (nSPS) is 17.4. The van der Waals surface area contributed by atoms with Gasteiger partial charge in [-0.3, -0.25) is 0 Å². The summed E-state index contributed by atoms with van der Waals surface area (Å²) in [6.07, 6.45) is 2.10. The predicted octanol–water partition coefficient (Wildman–Crippen LogP) is 2.23. The lowest BCUT2D eigenvalue weighted by atomic mass is 10.0. The van der Waals surface area contributed by atoms with Crippen molar-refractivity contribution in [3.63, 3.8) is 0 Å². The Kier molecular flexibility index (Phi) is 3.83. The van der Waals surface area contributed by atoms with E-state index in [1.807, 2.05) is 19.2 Å². The van der Waals surface area contributed by atoms with Crippen molar-refractivity contribution < 1.29 is 4.39 Å². The summed E-state index contributed by atoms with van der Waals surface area (Å²) in [5, 5.41) is 9.06. The summed E-state index contributed by atoms with van der Waals surface area (Å²) in [6, 6.07) is 7.17. The highest BCUT2D eigenvalue weighted by molar-refractivity contribution is 5.60. The SMILES string of the molecule is CN1CCC(N(C)c2cccc(F)c2C#N)CC1. The third-order valence-electron chi connectivity index (χ3n) is 3.72. The van der Waals surface area contributed by atoms with Crippen molar-refractivity contribution in [2.75, 3.05) is 32.1 Å². The molecule has 1 heterocycles. The van der Waals surface area contributed by atoms with E-state index in [4.69, 9.17) is 5.26 Å². The Bertz CT molecular complexity index is 459. The van der Waals surface area contributed by atoms with Crippen LogP contribution in [0.15, 0.2) is 18.2 Å². The predicted molar refractivity (Wildman–Crippen MR) is 70.0 cm³/mol. The summed E-state index contributed by atoms with van der Waals surface area (Å²) in [6.45, 7) is 2.10. The first-order chi connectivity index (χ1) is 8.63. The number of likely N-dealkylation sites (tertiary alicyclic amines) is 1. The Hall–Kier alpha value is -1.60. The molecule has 18 heavy (non-hydrogen) atoms. The van der Waals surface area contributed by atoms with E-state index in [2.05, 4.69) is 16.8 Å². The average molecular weight is 247 g/mol. The van der Waals surface area contributed by atoms with E-state index in [-0.39, 0.29) is 5.56 Å². The lowest BCUT2D eigenvalue weighted by Crippen LogP contribution is -2.42. The first kappa shape index (κ1) is 12.8. The Labute approximate surface area is 107 Å². The van der Waals surface area contributed by atoms with E-state index in [1.54, 1.807) is 6.07 Å². The molecule has 0 aliphatic carbocycles. The van der Waals surface area contributed by atoms with Crippen LogP contribution >= 0.6 is 0 Å². The second-order valence-corrected chi connectivity index (χ2v) is 4.89. The fourth-order valence-corrected chi connectivity index (χ4v) is 2.50. The van der Waals surface area contributed by atoms with Crippen molar-refractivity contribution in [3.05, 3.63) is 29.6 Å². The summed E-state index contributed by atoms with van der Waals surface area (Å²) in [5.41, 5.74) is 0.853. The van der Waals surface area contributed by atoms with Gasteiger partial charge in [-0.25, -0.2) is 4.39 Å². The van der Waals surface area contributed by atoms with Gasteiger partial charge in [0.05, 0.1) is 5.69 Å². The van der Waals surface area contributed by atoms with E-state index >= 15 is 0 Å². The number of rotatable bonds is 2. The topological polar surface area (TPSA) is 30.3 Å². The molecule has 0 amide bonds. The van der Waals surface area contributed by atoms with E-state index in [1.165, 1.54) is 6.07 Å². The van der Waals surface area contributed by atoms with Crippen molar-refractivity contribution in [2.45, 2.75) is 18.9 Å². The molecule has 4 heteroatoms. The summed E-state index contributed by atoms with van der Waals surface area (Å²) >= 11 is 0. The highest BCUT2D eigenvalue weighted by Crippen LogP contribution is 2.26. The molecule has 0 N–H and O–H groups in total. The molecule has 1 aromatic carbocycles. The largest absolute Gasteiger partial charge is 0.370 e. The quantitative estimate of drug-likeness (QED) is 0.803. The van der Waals surface area contributed by atoms with Crippen LogP contribution in [0, 0.1) is 17.1 Å². The first-order valence-corrected chi connectivity index (χ1v) is 6.23. The fourth-order valence-electron chi connectivity index (χ4n) is 2.50. The molecule has 1 saturated heterocycles. The Balaban J connectivity index is 2.21. The van der Waals surface area contributed by atoms with Crippen molar-refractivity contribution in [1.82, 2.24) is 4.90 Å². The van der Waals surface area contributed by atoms with Gasteiger partial charge in [0.2, 0.25) is 0 Å². The first-order valence-electron chi connectivity index (χ1n) is 6.23. The Morgan fingerprint density at radius 3 is 2.67 bits per heavy atom. The van der Waals surface area contributed by atoms with Crippen LogP contribution in [-0.4, -0.2) is 38.1 Å². The van der Waals surface area contributed by atoms with Gasteiger partial charge in [0.25, 0.3) is 0 Å². The van der Waals surface area contributed by atoms with Crippen molar-refractivity contribution in [3.8, 4) is 6.07 Å². The molecule has 0 spiro atoms. The van der Waals surface area contributed by atoms with Crippen LogP contribution in [0.4, 0.5) is 10.1 Å². The van der Waals surface area contributed by atoms with Crippen molar-refractivity contribution in [2.24, 2.45) is 0 Å². The Morgan fingerprint density at radius 2 is 2.06 bits per heavy atom. The van der Waals surface area contributed by atoms with Crippen molar-refractivity contribution in [1.29, 1.82) is 5.26 Å². The highest BCUT2D eigenvalue weighted by Gasteiger charge is 2.23. The van der Waals surface area contributed by atoms with Gasteiger partial charge in [-0.1, -0.05) is 6.07 Å². The molecule has 0 atom stereocenters. The van der Waals surface area contributed by atoms with Crippen LogP contribution < -0.4 is 4.90 Å². The minimum atomic E-state index is -0.435. The summed E-state index contributed by atoms with van der Waals surface area (Å²) in [5.74, 6) is -0.435. The van der Waals surface area contributed by atoms with Gasteiger partial charge in [0.15, 0.2) is 0 Å². The zero-order valence-electron chi connectivity index (χ0n) is 10.9. The highest BCUT2D eigenvalue weighted by atomic mass is 19.1. The lowest BCUT2D eigenvalue weighted by molar-refractivity contribution is 0.253. The molecule has 1 aliphatic rings. The second kappa shape index (κ2) is 5.36. The molecule has 0 radical (unpaired) electrons. The lowest BCUT2D eigenvalue weighted by Gasteiger charge is -2.36. The molecule has 0 unspecified atom stereocenters. The third kappa shape index (κ3) is 2.46. The summed E-state index contributed by atoms with van der Waals surface area (Å²) in [4.78, 5) is 4.34. The number of piperidine rings is 1. The minimum Gasteiger partial charge on any atom is -0.370 e. The molecule has 96 valence electrons. The van der Waals surface area contributed by atoms with Crippen LogP contribution in [0.3, 0.4) is 0 Å². The van der Waals surface area contributed by atoms with Crippen LogP contribution in [0.2, 0.25) is 0 Å². The number of hydrogen-bond donors (Lipinski definition) is 0. The maximum Gasteiger partial charge on any atom is 0.143 e. The zero-order valence-corrected chi connectivity index (χ0v) is 10.9. The minimum absolute atomic E-state index is 0.152. The molecule has 0 saturated carbocycles. The molecule has 2 rings (SSSR count). The van der Waals surface area contributed by atoms with Gasteiger partial charge in [-0.15, -0.1) is 0 Å². The van der Waals surface area contributed by atoms with E-state index in [0.717, 1.165) is 25.9 Å². The van der Waals surface area contributed by atoms with Gasteiger partial charge in [0, 0.05) is 13.1 Å².